The molecule has 1 aliphatic carbocycles. The summed E-state index contributed by atoms with van der Waals surface area (Å²) >= 11 is 0. The first-order valence-electron chi connectivity index (χ1n) is 18.0. The highest BCUT2D eigenvalue weighted by Crippen LogP contribution is 2.59. The van der Waals surface area contributed by atoms with E-state index in [0.29, 0.717) is 0 Å². The van der Waals surface area contributed by atoms with Crippen LogP contribution in [-0.2, 0) is 20.7 Å². The molecule has 0 spiro atoms. The van der Waals surface area contributed by atoms with E-state index in [1.807, 2.05) is 19.2 Å². The quantitative estimate of drug-likeness (QED) is 0.156. The van der Waals surface area contributed by atoms with Crippen LogP contribution < -0.4 is 19.3 Å². The summed E-state index contributed by atoms with van der Waals surface area (Å²) in [6.07, 6.45) is 5.35. The van der Waals surface area contributed by atoms with Crippen LogP contribution in [0.1, 0.15) is 55.0 Å². The number of fused-ring (bicyclic) bond motifs is 8. The fraction of sp³-hybridized carbons (Fsp3) is 0.318. The van der Waals surface area contributed by atoms with Crippen LogP contribution in [0.5, 0.6) is 11.5 Å². The van der Waals surface area contributed by atoms with Crippen LogP contribution >= 0.6 is 0 Å². The van der Waals surface area contributed by atoms with Crippen LogP contribution in [0.25, 0.3) is 28.0 Å². The molecule has 5 aromatic rings. The highest BCUT2D eigenvalue weighted by molar-refractivity contribution is 6.09. The van der Waals surface area contributed by atoms with Crippen LogP contribution in [0.4, 0.5) is 11.4 Å². The third-order valence-electron chi connectivity index (χ3n) is 11.2. The van der Waals surface area contributed by atoms with Gasteiger partial charge in [-0.05, 0) is 84.8 Å². The second-order valence-electron chi connectivity index (χ2n) is 13.4. The first-order chi connectivity index (χ1) is 24.5. The fourth-order valence-electron chi connectivity index (χ4n) is 8.58. The average Bonchev–Trinajstić information content (AvgIpc) is 3.49. The SMILES string of the molecule is CCN(CC)c1ccc2c3c(c4c(c2c1)OC(c1ccc(OC)cc1)(c1ccc(N2CCOCC2)cc1)C=C4)C(CC)(OC)c1ccccc1-3. The number of morpholine rings is 1. The first-order valence-corrected chi connectivity index (χ1v) is 18.0. The molecule has 256 valence electrons. The Labute approximate surface area is 295 Å². The molecule has 2 aliphatic heterocycles. The number of benzene rings is 5. The zero-order valence-corrected chi connectivity index (χ0v) is 29.8. The maximum Gasteiger partial charge on any atom is 0.178 e. The minimum atomic E-state index is -0.886. The van der Waals surface area contributed by atoms with Gasteiger partial charge in [0, 0.05) is 72.3 Å². The molecule has 2 atom stereocenters. The Kier molecular flexibility index (Phi) is 8.32. The molecule has 1 fully saturated rings. The molecule has 50 heavy (non-hydrogen) atoms. The van der Waals surface area contributed by atoms with Gasteiger partial charge in [-0.1, -0.05) is 67.6 Å². The zero-order chi connectivity index (χ0) is 34.5. The Balaban J connectivity index is 1.40. The van der Waals surface area contributed by atoms with Crippen LogP contribution in [0.3, 0.4) is 0 Å². The molecule has 0 bridgehead atoms. The molecular formula is C44H46N2O4. The van der Waals surface area contributed by atoms with Crippen molar-refractivity contribution in [2.24, 2.45) is 0 Å². The smallest absolute Gasteiger partial charge is 0.178 e. The Morgan fingerprint density at radius 3 is 2.16 bits per heavy atom. The molecule has 0 N–H and O–H groups in total. The van der Waals surface area contributed by atoms with Gasteiger partial charge in [-0.3, -0.25) is 0 Å². The normalized spacial score (nSPS) is 20.6. The van der Waals surface area contributed by atoms with Crippen molar-refractivity contribution in [3.63, 3.8) is 0 Å². The molecule has 8 rings (SSSR count). The number of ether oxygens (including phenoxy) is 4. The van der Waals surface area contributed by atoms with E-state index in [0.717, 1.165) is 79.4 Å². The summed E-state index contributed by atoms with van der Waals surface area (Å²) in [6.45, 7) is 11.8. The third kappa shape index (κ3) is 4.84. The maximum absolute atomic E-state index is 7.64. The Hall–Kier alpha value is -4.78. The molecular weight excluding hydrogens is 620 g/mol. The molecule has 3 aliphatic rings. The fourth-order valence-corrected chi connectivity index (χ4v) is 8.58. The predicted molar refractivity (Wildman–Crippen MR) is 204 cm³/mol. The van der Waals surface area contributed by atoms with Crippen molar-refractivity contribution in [2.75, 3.05) is 63.4 Å². The van der Waals surface area contributed by atoms with Crippen molar-refractivity contribution in [1.82, 2.24) is 0 Å². The Morgan fingerprint density at radius 2 is 1.50 bits per heavy atom. The number of anilines is 2. The summed E-state index contributed by atoms with van der Waals surface area (Å²) in [4.78, 5) is 4.79. The predicted octanol–water partition coefficient (Wildman–Crippen LogP) is 9.16. The van der Waals surface area contributed by atoms with Crippen LogP contribution in [-0.4, -0.2) is 53.6 Å². The third-order valence-corrected chi connectivity index (χ3v) is 11.2. The molecule has 2 unspecified atom stereocenters. The van der Waals surface area contributed by atoms with Gasteiger partial charge in [-0.2, -0.15) is 0 Å². The van der Waals surface area contributed by atoms with Crippen LogP contribution in [0, 0.1) is 0 Å². The van der Waals surface area contributed by atoms with E-state index in [1.165, 1.54) is 39.0 Å². The van der Waals surface area contributed by atoms with Crippen molar-refractivity contribution in [2.45, 2.75) is 38.4 Å². The van der Waals surface area contributed by atoms with Crippen molar-refractivity contribution in [1.29, 1.82) is 0 Å². The van der Waals surface area contributed by atoms with Crippen LogP contribution in [0.2, 0.25) is 0 Å². The summed E-state index contributed by atoms with van der Waals surface area (Å²) in [7, 11) is 3.55. The minimum Gasteiger partial charge on any atom is -0.497 e. The highest BCUT2D eigenvalue weighted by Gasteiger charge is 2.48. The molecule has 6 heteroatoms. The van der Waals surface area contributed by atoms with Gasteiger partial charge in [0.05, 0.1) is 20.3 Å². The molecule has 2 heterocycles. The van der Waals surface area contributed by atoms with Crippen molar-refractivity contribution < 1.29 is 18.9 Å². The molecule has 1 saturated heterocycles. The van der Waals surface area contributed by atoms with Gasteiger partial charge in [0.15, 0.2) is 5.60 Å². The van der Waals surface area contributed by atoms with E-state index in [4.69, 9.17) is 18.9 Å². The summed E-state index contributed by atoms with van der Waals surface area (Å²) in [5.41, 5.74) is 8.93. The van der Waals surface area contributed by atoms with Gasteiger partial charge in [0.25, 0.3) is 0 Å². The number of nitrogens with zero attached hydrogens (tertiary/aromatic N) is 2. The van der Waals surface area contributed by atoms with Crippen molar-refractivity contribution in [3.05, 3.63) is 125 Å². The second-order valence-corrected chi connectivity index (χ2v) is 13.4. The van der Waals surface area contributed by atoms with Gasteiger partial charge in [0.2, 0.25) is 0 Å². The summed E-state index contributed by atoms with van der Waals surface area (Å²) < 4.78 is 25.5. The van der Waals surface area contributed by atoms with Crippen molar-refractivity contribution >= 4 is 28.2 Å². The van der Waals surface area contributed by atoms with E-state index >= 15 is 0 Å². The lowest BCUT2D eigenvalue weighted by Crippen LogP contribution is -2.37. The van der Waals surface area contributed by atoms with Gasteiger partial charge in [-0.15, -0.1) is 0 Å². The molecule has 5 aromatic carbocycles. The standard InChI is InChI=1S/C44H46N2O4/c1-6-43(48-5)39-12-10-9-11-36(39)40-35-22-19-33(45(7-2)8-3)29-38(35)42-37(41(40)43)23-24-44(50-42,31-15-20-34(47-4)21-16-31)30-13-17-32(18-14-30)46-25-27-49-28-26-46/h9-24,29H,6-8,25-28H2,1-5H3. The van der Waals surface area contributed by atoms with Gasteiger partial charge in [-0.25, -0.2) is 0 Å². The lowest BCUT2D eigenvalue weighted by molar-refractivity contribution is 0.0219. The van der Waals surface area contributed by atoms with E-state index < -0.39 is 11.2 Å². The number of hydrogen-bond donors (Lipinski definition) is 0. The van der Waals surface area contributed by atoms with E-state index in [-0.39, 0.29) is 0 Å². The summed E-state index contributed by atoms with van der Waals surface area (Å²) in [5.74, 6) is 1.69. The molecule has 0 aromatic heterocycles. The first kappa shape index (κ1) is 32.4. The lowest BCUT2D eigenvalue weighted by Gasteiger charge is -2.39. The van der Waals surface area contributed by atoms with Crippen molar-refractivity contribution in [3.8, 4) is 22.6 Å². The molecule has 0 radical (unpaired) electrons. The van der Waals surface area contributed by atoms with E-state index in [9.17, 15) is 0 Å². The molecule has 0 amide bonds. The molecule has 6 nitrogen and oxygen atoms in total. The molecule has 0 saturated carbocycles. The number of methoxy groups -OCH3 is 2. The number of hydrogen-bond acceptors (Lipinski definition) is 6. The minimum absolute atomic E-state index is 0.602. The second kappa shape index (κ2) is 12.8. The topological polar surface area (TPSA) is 43.4 Å². The van der Waals surface area contributed by atoms with Gasteiger partial charge in [0.1, 0.15) is 17.1 Å². The Bertz CT molecular complexity index is 2060. The summed E-state index contributed by atoms with van der Waals surface area (Å²) in [5, 5.41) is 2.28. The lowest BCUT2D eigenvalue weighted by atomic mass is 9.79. The largest absolute Gasteiger partial charge is 0.497 e. The maximum atomic E-state index is 7.64. The van der Waals surface area contributed by atoms with Gasteiger partial charge < -0.3 is 28.7 Å². The highest BCUT2D eigenvalue weighted by atomic mass is 16.5. The zero-order valence-electron chi connectivity index (χ0n) is 29.8. The van der Waals surface area contributed by atoms with Gasteiger partial charge >= 0.3 is 0 Å². The Morgan fingerprint density at radius 1 is 0.800 bits per heavy atom. The number of rotatable bonds is 9. The monoisotopic (exact) mass is 666 g/mol. The van der Waals surface area contributed by atoms with E-state index in [2.05, 4.69) is 122 Å². The van der Waals surface area contributed by atoms with E-state index in [1.54, 1.807) is 7.11 Å². The average molecular weight is 667 g/mol. The summed E-state index contributed by atoms with van der Waals surface area (Å²) in [6, 6.07) is 32.8. The van der Waals surface area contributed by atoms with Crippen LogP contribution in [0.15, 0.2) is 97.1 Å².